The molecule has 4 bridgehead atoms. The molecule has 1 saturated heterocycles. The number of carbonyl (C=O) groups is 2. The molecule has 2 amide bonds. The Morgan fingerprint density at radius 1 is 1.10 bits per heavy atom. The highest BCUT2D eigenvalue weighted by atomic mass is 32.2. The third-order valence-electron chi connectivity index (χ3n) is 5.84. The van der Waals surface area contributed by atoms with Crippen molar-refractivity contribution in [3.8, 4) is 0 Å². The molecule has 5 rings (SSSR count). The predicted octanol–water partition coefficient (Wildman–Crippen LogP) is 2.12. The van der Waals surface area contributed by atoms with E-state index in [1.54, 1.807) is 0 Å². The molecule has 4 saturated carbocycles. The molecule has 0 aromatic heterocycles. The van der Waals surface area contributed by atoms with E-state index in [0.717, 1.165) is 37.0 Å². The number of carboxylic acid groups (broad SMARTS) is 1. The number of hydrogen-bond donors (Lipinski definition) is 2. The third kappa shape index (κ3) is 2.31. The molecule has 0 unspecified atom stereocenters. The number of amides is 2. The lowest BCUT2D eigenvalue weighted by molar-refractivity contribution is -0.140. The molecular weight excluding hydrogens is 288 g/mol. The van der Waals surface area contributed by atoms with E-state index in [9.17, 15) is 14.7 Å². The van der Waals surface area contributed by atoms with Crippen molar-refractivity contribution in [2.75, 3.05) is 11.6 Å². The molecule has 1 atom stereocenters. The Labute approximate surface area is 128 Å². The van der Waals surface area contributed by atoms with E-state index in [2.05, 4.69) is 5.32 Å². The van der Waals surface area contributed by atoms with Gasteiger partial charge in [-0.05, 0) is 56.3 Å². The Bertz CT molecular complexity index is 446. The second kappa shape index (κ2) is 4.80. The lowest BCUT2D eigenvalue weighted by Gasteiger charge is -2.57. The average molecular weight is 310 g/mol. The molecule has 0 aromatic rings. The summed E-state index contributed by atoms with van der Waals surface area (Å²) in [5, 5.41) is 12.5. The summed E-state index contributed by atoms with van der Waals surface area (Å²) in [5.74, 6) is 2.44. The maximum Gasteiger partial charge on any atom is 0.327 e. The fourth-order valence-electron chi connectivity index (χ4n) is 5.41. The van der Waals surface area contributed by atoms with E-state index in [4.69, 9.17) is 0 Å². The van der Waals surface area contributed by atoms with Crippen LogP contribution in [0.4, 0.5) is 4.79 Å². The van der Waals surface area contributed by atoms with Crippen molar-refractivity contribution in [3.05, 3.63) is 0 Å². The number of hydrogen-bond acceptors (Lipinski definition) is 3. The summed E-state index contributed by atoms with van der Waals surface area (Å²) in [6.45, 7) is 0. The van der Waals surface area contributed by atoms with Crippen LogP contribution in [0.25, 0.3) is 0 Å². The summed E-state index contributed by atoms with van der Waals surface area (Å²) in [4.78, 5) is 25.3. The zero-order valence-electron chi connectivity index (χ0n) is 12.1. The van der Waals surface area contributed by atoms with Crippen LogP contribution < -0.4 is 5.32 Å². The molecule has 5 nitrogen and oxygen atoms in total. The van der Waals surface area contributed by atoms with Gasteiger partial charge < -0.3 is 15.3 Å². The zero-order valence-corrected chi connectivity index (χ0v) is 12.9. The highest BCUT2D eigenvalue weighted by Crippen LogP contribution is 2.55. The van der Waals surface area contributed by atoms with E-state index in [1.165, 1.54) is 35.9 Å². The minimum Gasteiger partial charge on any atom is -0.480 e. The molecule has 6 heteroatoms. The van der Waals surface area contributed by atoms with Crippen LogP contribution in [0.1, 0.15) is 38.5 Å². The van der Waals surface area contributed by atoms with Gasteiger partial charge in [0.15, 0.2) is 0 Å². The summed E-state index contributed by atoms with van der Waals surface area (Å²) in [7, 11) is 0. The van der Waals surface area contributed by atoms with Gasteiger partial charge in [-0.2, -0.15) is 0 Å². The molecule has 1 heterocycles. The number of nitrogens with one attached hydrogen (secondary N) is 1. The highest BCUT2D eigenvalue weighted by Gasteiger charge is 2.52. The topological polar surface area (TPSA) is 69.6 Å². The molecule has 5 aliphatic rings. The Kier molecular flexibility index (Phi) is 3.14. The molecule has 0 radical (unpaired) electrons. The monoisotopic (exact) mass is 310 g/mol. The molecular formula is C15H22N2O3S. The number of urea groups is 1. The molecule has 0 spiro atoms. The number of aliphatic carboxylic acids is 1. The fraction of sp³-hybridized carbons (Fsp3) is 0.867. The summed E-state index contributed by atoms with van der Waals surface area (Å²) in [6, 6.07) is -0.821. The van der Waals surface area contributed by atoms with Crippen molar-refractivity contribution in [1.29, 1.82) is 0 Å². The molecule has 0 aromatic carbocycles. The van der Waals surface area contributed by atoms with Crippen molar-refractivity contribution in [1.82, 2.24) is 10.2 Å². The Morgan fingerprint density at radius 3 is 2.19 bits per heavy atom. The van der Waals surface area contributed by atoms with Crippen molar-refractivity contribution in [2.45, 2.75) is 50.1 Å². The van der Waals surface area contributed by atoms with Gasteiger partial charge in [-0.3, -0.25) is 0 Å². The van der Waals surface area contributed by atoms with Crippen LogP contribution in [0.3, 0.4) is 0 Å². The largest absolute Gasteiger partial charge is 0.480 e. The summed E-state index contributed by atoms with van der Waals surface area (Å²) < 4.78 is 0. The van der Waals surface area contributed by atoms with E-state index in [-0.39, 0.29) is 11.6 Å². The molecule has 5 fully saturated rings. The predicted molar refractivity (Wildman–Crippen MR) is 80.0 cm³/mol. The van der Waals surface area contributed by atoms with Gasteiger partial charge in [-0.25, -0.2) is 9.59 Å². The second-order valence-electron chi connectivity index (χ2n) is 7.45. The standard InChI is InChI=1S/C15H22N2O3S/c18-13(19)12-7-21-8-17(12)14(20)16-15-4-9-1-10(5-15)3-11(2-9)6-15/h9-12H,1-8H2,(H,16,20)(H,18,19)/t9?,10?,11?,12-,15?/m0/s1. The lowest BCUT2D eigenvalue weighted by atomic mass is 9.53. The zero-order chi connectivity index (χ0) is 14.6. The van der Waals surface area contributed by atoms with Crippen LogP contribution in [-0.2, 0) is 4.79 Å². The van der Waals surface area contributed by atoms with Gasteiger partial charge in [-0.15, -0.1) is 11.8 Å². The van der Waals surface area contributed by atoms with Crippen LogP contribution in [0.5, 0.6) is 0 Å². The molecule has 1 aliphatic heterocycles. The van der Waals surface area contributed by atoms with Gasteiger partial charge in [0.1, 0.15) is 6.04 Å². The number of carbonyl (C=O) groups excluding carboxylic acids is 1. The lowest BCUT2D eigenvalue weighted by Crippen LogP contribution is -2.62. The van der Waals surface area contributed by atoms with Crippen molar-refractivity contribution >= 4 is 23.8 Å². The van der Waals surface area contributed by atoms with Crippen LogP contribution in [0.15, 0.2) is 0 Å². The maximum absolute atomic E-state index is 12.6. The van der Waals surface area contributed by atoms with Crippen molar-refractivity contribution in [2.24, 2.45) is 17.8 Å². The first-order chi connectivity index (χ1) is 10.0. The average Bonchev–Trinajstić information content (AvgIpc) is 2.85. The van der Waals surface area contributed by atoms with Gasteiger partial charge in [0, 0.05) is 11.3 Å². The van der Waals surface area contributed by atoms with Gasteiger partial charge in [0.05, 0.1) is 5.88 Å². The smallest absolute Gasteiger partial charge is 0.327 e. The van der Waals surface area contributed by atoms with Crippen LogP contribution >= 0.6 is 11.8 Å². The number of rotatable bonds is 2. The fourth-order valence-corrected chi connectivity index (χ4v) is 6.55. The highest BCUT2D eigenvalue weighted by molar-refractivity contribution is 7.99. The first-order valence-corrected chi connectivity index (χ1v) is 9.09. The van der Waals surface area contributed by atoms with Crippen LogP contribution in [0.2, 0.25) is 0 Å². The Morgan fingerprint density at radius 2 is 1.67 bits per heavy atom. The Balaban J connectivity index is 1.48. The molecule has 116 valence electrons. The molecule has 21 heavy (non-hydrogen) atoms. The number of thioether (sulfide) groups is 1. The van der Waals surface area contributed by atoms with Gasteiger partial charge in [-0.1, -0.05) is 0 Å². The van der Waals surface area contributed by atoms with Crippen LogP contribution in [-0.4, -0.2) is 45.2 Å². The number of carboxylic acids is 1. The van der Waals surface area contributed by atoms with Gasteiger partial charge in [0.2, 0.25) is 0 Å². The minimum atomic E-state index is -0.888. The Hall–Kier alpha value is -0.910. The number of nitrogens with zero attached hydrogens (tertiary/aromatic N) is 1. The van der Waals surface area contributed by atoms with Crippen molar-refractivity contribution < 1.29 is 14.7 Å². The third-order valence-corrected chi connectivity index (χ3v) is 6.85. The van der Waals surface area contributed by atoms with E-state index in [1.807, 2.05) is 0 Å². The molecule has 2 N–H and O–H groups in total. The van der Waals surface area contributed by atoms with Crippen LogP contribution in [0, 0.1) is 17.8 Å². The summed E-state index contributed by atoms with van der Waals surface area (Å²) in [5.41, 5.74) is -0.0395. The van der Waals surface area contributed by atoms with E-state index >= 15 is 0 Å². The summed E-state index contributed by atoms with van der Waals surface area (Å²) >= 11 is 1.52. The molecule has 4 aliphatic carbocycles. The second-order valence-corrected chi connectivity index (χ2v) is 8.45. The first-order valence-electron chi connectivity index (χ1n) is 7.94. The summed E-state index contributed by atoms with van der Waals surface area (Å²) in [6.07, 6.45) is 7.32. The van der Waals surface area contributed by atoms with E-state index < -0.39 is 12.0 Å². The normalized spacial score (nSPS) is 44.1. The van der Waals surface area contributed by atoms with Crippen molar-refractivity contribution in [3.63, 3.8) is 0 Å². The SMILES string of the molecule is O=C(O)[C@@H]1CSCN1C(=O)NC12CC3CC(CC(C3)C1)C2. The minimum absolute atomic E-state index is 0.0395. The first kappa shape index (κ1) is 13.7. The quantitative estimate of drug-likeness (QED) is 0.820. The maximum atomic E-state index is 12.6. The van der Waals surface area contributed by atoms with E-state index in [0.29, 0.717) is 11.6 Å². The van der Waals surface area contributed by atoms with Gasteiger partial charge >= 0.3 is 12.0 Å². The van der Waals surface area contributed by atoms with Gasteiger partial charge in [0.25, 0.3) is 0 Å².